The minimum Gasteiger partial charge on any atom is -0.303 e. The highest BCUT2D eigenvalue weighted by Gasteiger charge is 2.30. The Morgan fingerprint density at radius 2 is 1.45 bits per heavy atom. The number of anilines is 1. The van der Waals surface area contributed by atoms with Gasteiger partial charge in [-0.25, -0.2) is 9.97 Å². The second kappa shape index (κ2) is 12.2. The Labute approximate surface area is 276 Å². The Balaban J connectivity index is 1.33. The molecule has 2 aliphatic carbocycles. The normalized spacial score (nSPS) is 19.0. The van der Waals surface area contributed by atoms with Crippen LogP contribution in [0.3, 0.4) is 0 Å². The number of rotatable bonds is 5. The highest BCUT2D eigenvalue weighted by Crippen LogP contribution is 2.44. The summed E-state index contributed by atoms with van der Waals surface area (Å²) in [6.07, 6.45) is 19.5. The smallest absolute Gasteiger partial charge is 0.164 e. The fourth-order valence-electron chi connectivity index (χ4n) is 6.90. The summed E-state index contributed by atoms with van der Waals surface area (Å²) in [6.45, 7) is 6.97. The molecule has 0 amide bonds. The van der Waals surface area contributed by atoms with E-state index in [0.29, 0.717) is 0 Å². The van der Waals surface area contributed by atoms with E-state index in [2.05, 4.69) is 133 Å². The standard InChI is InChI=1S/C44H35N3/c1-3-31-14-9-10-19-38(31)37-20-13-27-47(42-29-36-18-8-7-17-35(36)28-39(42)30(37)2)44-43(45-40-21-11-12-22-41(40)46-44)34-25-23-33(24-26-34)32-15-5-4-6-16-32/h4-28,36H,2-3,29H2,1H3/b27-13-,37-20+. The van der Waals surface area contributed by atoms with Crippen LogP contribution in [-0.2, 0) is 6.42 Å². The second-order valence-corrected chi connectivity index (χ2v) is 12.2. The van der Waals surface area contributed by atoms with Gasteiger partial charge in [0.05, 0.1) is 11.0 Å². The molecule has 0 bridgehead atoms. The number of para-hydroxylation sites is 2. The van der Waals surface area contributed by atoms with Crippen LogP contribution in [0.4, 0.5) is 5.82 Å². The molecule has 0 saturated carbocycles. The van der Waals surface area contributed by atoms with Gasteiger partial charge in [0, 0.05) is 29.0 Å². The van der Waals surface area contributed by atoms with E-state index in [4.69, 9.17) is 16.5 Å². The first-order valence-electron chi connectivity index (χ1n) is 16.4. The van der Waals surface area contributed by atoms with Gasteiger partial charge in [-0.2, -0.15) is 0 Å². The van der Waals surface area contributed by atoms with Crippen LogP contribution in [0.2, 0.25) is 0 Å². The minimum atomic E-state index is 0.277. The maximum Gasteiger partial charge on any atom is 0.164 e. The molecule has 3 aliphatic rings. The minimum absolute atomic E-state index is 0.277. The topological polar surface area (TPSA) is 29.0 Å². The molecule has 1 unspecified atom stereocenters. The third-order valence-electron chi connectivity index (χ3n) is 9.38. The zero-order valence-electron chi connectivity index (χ0n) is 26.5. The fourth-order valence-corrected chi connectivity index (χ4v) is 6.90. The molecule has 226 valence electrons. The molecule has 0 radical (unpaired) electrons. The van der Waals surface area contributed by atoms with Crippen LogP contribution in [-0.4, -0.2) is 9.97 Å². The van der Waals surface area contributed by atoms with Crippen molar-refractivity contribution in [3.63, 3.8) is 0 Å². The number of aryl methyl sites for hydroxylation is 1. The Kier molecular flexibility index (Phi) is 7.43. The number of aromatic nitrogens is 2. The zero-order chi connectivity index (χ0) is 31.7. The summed E-state index contributed by atoms with van der Waals surface area (Å²) in [6, 6.07) is 36.0. The lowest BCUT2D eigenvalue weighted by Crippen LogP contribution is -2.26. The second-order valence-electron chi connectivity index (χ2n) is 12.2. The van der Waals surface area contributed by atoms with Crippen LogP contribution >= 0.6 is 0 Å². The lowest BCUT2D eigenvalue weighted by Gasteiger charge is -2.35. The Morgan fingerprint density at radius 1 is 0.745 bits per heavy atom. The third-order valence-corrected chi connectivity index (χ3v) is 9.38. The summed E-state index contributed by atoms with van der Waals surface area (Å²) in [7, 11) is 0. The van der Waals surface area contributed by atoms with Crippen molar-refractivity contribution in [2.45, 2.75) is 19.8 Å². The predicted molar refractivity (Wildman–Crippen MR) is 196 cm³/mol. The Morgan fingerprint density at radius 3 is 2.26 bits per heavy atom. The summed E-state index contributed by atoms with van der Waals surface area (Å²) >= 11 is 0. The molecule has 0 N–H and O–H groups in total. The molecule has 8 rings (SSSR count). The number of hydrogen-bond donors (Lipinski definition) is 0. The summed E-state index contributed by atoms with van der Waals surface area (Å²) in [4.78, 5) is 12.9. The van der Waals surface area contributed by atoms with Crippen molar-refractivity contribution in [2.75, 3.05) is 4.90 Å². The van der Waals surface area contributed by atoms with Gasteiger partial charge in [0.25, 0.3) is 0 Å². The molecule has 47 heavy (non-hydrogen) atoms. The molecule has 2 heterocycles. The van der Waals surface area contributed by atoms with Crippen molar-refractivity contribution in [2.24, 2.45) is 5.92 Å². The Bertz CT molecular complexity index is 2210. The van der Waals surface area contributed by atoms with Crippen molar-refractivity contribution in [3.8, 4) is 22.4 Å². The van der Waals surface area contributed by atoms with E-state index < -0.39 is 0 Å². The predicted octanol–water partition coefficient (Wildman–Crippen LogP) is 10.8. The van der Waals surface area contributed by atoms with E-state index in [9.17, 15) is 0 Å². The SMILES string of the molecule is C=C1C2=C(CC3C=CC=CC3=C2)N(c2nc3ccccc3nc2-c2ccc(-c3ccccc3)cc2)/C=C\C=C/1c1ccccc1CC. The molecule has 0 fully saturated rings. The molecule has 0 spiro atoms. The van der Waals surface area contributed by atoms with Gasteiger partial charge in [-0.1, -0.05) is 135 Å². The van der Waals surface area contributed by atoms with Gasteiger partial charge in [-0.3, -0.25) is 0 Å². The molecule has 3 heteroatoms. The molecule has 0 saturated heterocycles. The van der Waals surface area contributed by atoms with E-state index in [-0.39, 0.29) is 5.92 Å². The lowest BCUT2D eigenvalue weighted by molar-refractivity contribution is 0.722. The molecular formula is C44H35N3. The van der Waals surface area contributed by atoms with E-state index in [1.54, 1.807) is 0 Å². The van der Waals surface area contributed by atoms with Gasteiger partial charge < -0.3 is 4.90 Å². The Hall–Kier alpha value is -5.80. The fraction of sp³-hybridized carbons (Fsp3) is 0.0909. The average Bonchev–Trinajstić information content (AvgIpc) is 3.13. The van der Waals surface area contributed by atoms with Crippen LogP contribution < -0.4 is 4.90 Å². The highest BCUT2D eigenvalue weighted by molar-refractivity contribution is 5.90. The van der Waals surface area contributed by atoms with Crippen molar-refractivity contribution < 1.29 is 0 Å². The number of allylic oxidation sites excluding steroid dienone is 12. The van der Waals surface area contributed by atoms with E-state index >= 15 is 0 Å². The third kappa shape index (κ3) is 5.30. The van der Waals surface area contributed by atoms with Crippen molar-refractivity contribution in [1.29, 1.82) is 0 Å². The van der Waals surface area contributed by atoms with Gasteiger partial charge in [0.1, 0.15) is 5.69 Å². The van der Waals surface area contributed by atoms with E-state index in [1.165, 1.54) is 33.5 Å². The number of fused-ring (bicyclic) bond motifs is 2. The molecule has 1 aliphatic heterocycles. The summed E-state index contributed by atoms with van der Waals surface area (Å²) in [5.41, 5.74) is 14.3. The lowest BCUT2D eigenvalue weighted by atomic mass is 9.79. The van der Waals surface area contributed by atoms with Gasteiger partial charge in [-0.05, 0) is 76.1 Å². The van der Waals surface area contributed by atoms with Crippen molar-refractivity contribution >= 4 is 22.4 Å². The van der Waals surface area contributed by atoms with Crippen molar-refractivity contribution in [1.82, 2.24) is 9.97 Å². The first kappa shape index (κ1) is 28.7. The number of benzene rings is 4. The van der Waals surface area contributed by atoms with E-state index in [0.717, 1.165) is 57.7 Å². The number of hydrogen-bond acceptors (Lipinski definition) is 3. The van der Waals surface area contributed by atoms with Crippen LogP contribution in [0, 0.1) is 5.92 Å². The average molecular weight is 606 g/mol. The van der Waals surface area contributed by atoms with E-state index in [1.807, 2.05) is 30.3 Å². The van der Waals surface area contributed by atoms with Gasteiger partial charge in [0.15, 0.2) is 5.82 Å². The first-order chi connectivity index (χ1) is 23.2. The van der Waals surface area contributed by atoms with Crippen LogP contribution in [0.15, 0.2) is 181 Å². The number of nitrogens with zero attached hydrogens (tertiary/aromatic N) is 3. The maximum atomic E-state index is 5.33. The van der Waals surface area contributed by atoms with Crippen LogP contribution in [0.5, 0.6) is 0 Å². The molecular weight excluding hydrogens is 571 g/mol. The van der Waals surface area contributed by atoms with Crippen LogP contribution in [0.25, 0.3) is 39.0 Å². The van der Waals surface area contributed by atoms with Gasteiger partial charge in [-0.15, -0.1) is 0 Å². The summed E-state index contributed by atoms with van der Waals surface area (Å²) in [5.74, 6) is 1.09. The molecule has 1 aromatic heterocycles. The maximum absolute atomic E-state index is 5.33. The van der Waals surface area contributed by atoms with Crippen LogP contribution in [0.1, 0.15) is 24.5 Å². The highest BCUT2D eigenvalue weighted by atomic mass is 15.2. The summed E-state index contributed by atoms with van der Waals surface area (Å²) in [5, 5.41) is 0. The van der Waals surface area contributed by atoms with Gasteiger partial charge >= 0.3 is 0 Å². The molecule has 5 aromatic rings. The quantitative estimate of drug-likeness (QED) is 0.200. The largest absolute Gasteiger partial charge is 0.303 e. The molecule has 4 aromatic carbocycles. The van der Waals surface area contributed by atoms with Gasteiger partial charge in [0.2, 0.25) is 0 Å². The molecule has 1 atom stereocenters. The first-order valence-corrected chi connectivity index (χ1v) is 16.4. The summed E-state index contributed by atoms with van der Waals surface area (Å²) < 4.78 is 0. The molecule has 3 nitrogen and oxygen atoms in total. The van der Waals surface area contributed by atoms with Crippen molar-refractivity contribution in [3.05, 3.63) is 192 Å². The zero-order valence-corrected chi connectivity index (χ0v) is 26.5. The monoisotopic (exact) mass is 605 g/mol.